The summed E-state index contributed by atoms with van der Waals surface area (Å²) in [7, 11) is 0. The van der Waals surface area contributed by atoms with Crippen molar-refractivity contribution in [1.82, 2.24) is 0 Å². The summed E-state index contributed by atoms with van der Waals surface area (Å²) in [6, 6.07) is 0. The first kappa shape index (κ1) is 5.23. The summed E-state index contributed by atoms with van der Waals surface area (Å²) >= 11 is 0. The first-order valence-electron chi connectivity index (χ1n) is 3.08. The van der Waals surface area contributed by atoms with Crippen molar-refractivity contribution in [1.29, 1.82) is 0 Å². The summed E-state index contributed by atoms with van der Waals surface area (Å²) in [4.78, 5) is 10.5. The molecule has 1 aliphatic carbocycles. The van der Waals surface area contributed by atoms with Gasteiger partial charge < -0.3 is 9.84 Å². The third kappa shape index (κ3) is 0.477. The first-order valence-corrected chi connectivity index (χ1v) is 3.08. The number of hydrogen-bond acceptors (Lipinski definition) is 2. The van der Waals surface area contributed by atoms with Crippen LogP contribution in [-0.2, 0) is 9.53 Å². The fourth-order valence-corrected chi connectivity index (χ4v) is 1.56. The van der Waals surface area contributed by atoms with E-state index in [0.29, 0.717) is 6.61 Å². The molecular formula is C6H8O3. The molecule has 2 aliphatic heterocycles. The zero-order chi connectivity index (χ0) is 6.48. The van der Waals surface area contributed by atoms with Gasteiger partial charge in [-0.05, 0) is 12.8 Å². The third-order valence-corrected chi connectivity index (χ3v) is 2.29. The maximum atomic E-state index is 10.5. The highest BCUT2D eigenvalue weighted by molar-refractivity contribution is 5.77. The molecule has 3 aliphatic rings. The lowest BCUT2D eigenvalue weighted by molar-refractivity contribution is -0.150. The molecule has 0 spiro atoms. The van der Waals surface area contributed by atoms with Crippen molar-refractivity contribution in [3.05, 3.63) is 0 Å². The van der Waals surface area contributed by atoms with Crippen LogP contribution in [0, 0.1) is 5.41 Å². The molecule has 2 saturated heterocycles. The second kappa shape index (κ2) is 1.29. The van der Waals surface area contributed by atoms with Crippen molar-refractivity contribution in [3.63, 3.8) is 0 Å². The van der Waals surface area contributed by atoms with Gasteiger partial charge in [-0.3, -0.25) is 4.79 Å². The van der Waals surface area contributed by atoms with Gasteiger partial charge in [-0.1, -0.05) is 0 Å². The van der Waals surface area contributed by atoms with Crippen LogP contribution >= 0.6 is 0 Å². The average Bonchev–Trinajstić information content (AvgIpc) is 2.13. The summed E-state index contributed by atoms with van der Waals surface area (Å²) in [6.45, 7) is 0.438. The van der Waals surface area contributed by atoms with E-state index in [4.69, 9.17) is 9.84 Å². The average molecular weight is 128 g/mol. The van der Waals surface area contributed by atoms with Crippen LogP contribution in [-0.4, -0.2) is 23.8 Å². The minimum atomic E-state index is -0.684. The van der Waals surface area contributed by atoms with E-state index >= 15 is 0 Å². The van der Waals surface area contributed by atoms with E-state index in [1.807, 2.05) is 0 Å². The standard InChI is InChI=1S/C6H8O3/c7-5(8)6-1-4(2-6)9-3-6/h4H,1-3H2,(H,7,8). The number of hydrogen-bond donors (Lipinski definition) is 1. The van der Waals surface area contributed by atoms with Crippen LogP contribution in [0.15, 0.2) is 0 Å². The molecule has 50 valence electrons. The highest BCUT2D eigenvalue weighted by Gasteiger charge is 2.57. The quantitative estimate of drug-likeness (QED) is 0.550. The van der Waals surface area contributed by atoms with Crippen LogP contribution in [0.3, 0.4) is 0 Å². The van der Waals surface area contributed by atoms with Gasteiger partial charge in [-0.2, -0.15) is 0 Å². The summed E-state index contributed by atoms with van der Waals surface area (Å²) in [6.07, 6.45) is 1.74. The molecule has 0 unspecified atom stereocenters. The molecule has 9 heavy (non-hydrogen) atoms. The Kier molecular flexibility index (Phi) is 0.750. The fourth-order valence-electron chi connectivity index (χ4n) is 1.56. The topological polar surface area (TPSA) is 46.5 Å². The van der Waals surface area contributed by atoms with Crippen molar-refractivity contribution in [2.45, 2.75) is 18.9 Å². The second-order valence-corrected chi connectivity index (χ2v) is 2.93. The van der Waals surface area contributed by atoms with Crippen LogP contribution in [0.25, 0.3) is 0 Å². The third-order valence-electron chi connectivity index (χ3n) is 2.29. The molecular weight excluding hydrogens is 120 g/mol. The number of carboxylic acids is 1. The largest absolute Gasteiger partial charge is 0.481 e. The van der Waals surface area contributed by atoms with E-state index < -0.39 is 11.4 Å². The maximum absolute atomic E-state index is 10.5. The SMILES string of the molecule is O=C(O)C12COC(C1)C2. The molecule has 0 atom stereocenters. The van der Waals surface area contributed by atoms with Crippen LogP contribution < -0.4 is 0 Å². The van der Waals surface area contributed by atoms with Gasteiger partial charge in [0.25, 0.3) is 0 Å². The minimum Gasteiger partial charge on any atom is -0.481 e. The number of rotatable bonds is 1. The number of fused-ring (bicyclic) bond motifs is 1. The lowest BCUT2D eigenvalue weighted by atomic mass is 9.70. The molecule has 3 rings (SSSR count). The summed E-state index contributed by atoms with van der Waals surface area (Å²) < 4.78 is 5.11. The number of carboxylic acid groups (broad SMARTS) is 1. The van der Waals surface area contributed by atoms with Crippen molar-refractivity contribution in [2.24, 2.45) is 5.41 Å². The monoisotopic (exact) mass is 128 g/mol. The van der Waals surface area contributed by atoms with Gasteiger partial charge in [0.05, 0.1) is 18.1 Å². The molecule has 0 aromatic heterocycles. The number of carbonyl (C=O) groups is 1. The molecule has 0 radical (unpaired) electrons. The Morgan fingerprint density at radius 3 is 2.56 bits per heavy atom. The summed E-state index contributed by atoms with van der Waals surface area (Å²) in [5, 5.41) is 8.63. The Bertz CT molecular complexity index is 152. The van der Waals surface area contributed by atoms with Gasteiger partial charge in [0.2, 0.25) is 0 Å². The molecule has 3 fully saturated rings. The fraction of sp³-hybridized carbons (Fsp3) is 0.833. The zero-order valence-corrected chi connectivity index (χ0v) is 4.96. The van der Waals surface area contributed by atoms with Crippen LogP contribution in [0.2, 0.25) is 0 Å². The van der Waals surface area contributed by atoms with Gasteiger partial charge in [0.15, 0.2) is 0 Å². The van der Waals surface area contributed by atoms with E-state index in [1.54, 1.807) is 0 Å². The van der Waals surface area contributed by atoms with Gasteiger partial charge in [0.1, 0.15) is 0 Å². The Morgan fingerprint density at radius 2 is 2.33 bits per heavy atom. The lowest BCUT2D eigenvalue weighted by Crippen LogP contribution is -2.40. The van der Waals surface area contributed by atoms with E-state index in [-0.39, 0.29) is 6.10 Å². The normalized spacial score (nSPS) is 46.4. The molecule has 0 aromatic rings. The van der Waals surface area contributed by atoms with Crippen molar-refractivity contribution in [3.8, 4) is 0 Å². The molecule has 1 N–H and O–H groups in total. The Balaban J connectivity index is 2.19. The number of aliphatic carboxylic acids is 1. The van der Waals surface area contributed by atoms with Gasteiger partial charge in [-0.15, -0.1) is 0 Å². The molecule has 1 saturated carbocycles. The molecule has 0 aromatic carbocycles. The smallest absolute Gasteiger partial charge is 0.312 e. The van der Waals surface area contributed by atoms with Crippen LogP contribution in [0.4, 0.5) is 0 Å². The van der Waals surface area contributed by atoms with E-state index in [1.165, 1.54) is 0 Å². The molecule has 3 heteroatoms. The van der Waals surface area contributed by atoms with Crippen LogP contribution in [0.1, 0.15) is 12.8 Å². The highest BCUT2D eigenvalue weighted by atomic mass is 16.5. The zero-order valence-electron chi connectivity index (χ0n) is 4.96. The minimum absolute atomic E-state index is 0.265. The predicted molar refractivity (Wildman–Crippen MR) is 29.0 cm³/mol. The maximum Gasteiger partial charge on any atom is 0.312 e. The van der Waals surface area contributed by atoms with E-state index in [2.05, 4.69) is 0 Å². The van der Waals surface area contributed by atoms with Gasteiger partial charge >= 0.3 is 5.97 Å². The van der Waals surface area contributed by atoms with Crippen molar-refractivity contribution in [2.75, 3.05) is 6.61 Å². The Labute approximate surface area is 52.6 Å². The van der Waals surface area contributed by atoms with Crippen molar-refractivity contribution >= 4 is 5.97 Å². The Morgan fingerprint density at radius 1 is 1.67 bits per heavy atom. The number of ether oxygens (including phenoxy) is 1. The second-order valence-electron chi connectivity index (χ2n) is 2.93. The van der Waals surface area contributed by atoms with Crippen LogP contribution in [0.5, 0.6) is 0 Å². The van der Waals surface area contributed by atoms with E-state index in [9.17, 15) is 4.79 Å². The molecule has 2 bridgehead atoms. The van der Waals surface area contributed by atoms with E-state index in [0.717, 1.165) is 12.8 Å². The summed E-state index contributed by atoms with van der Waals surface area (Å²) in [5.41, 5.74) is -0.468. The predicted octanol–water partition coefficient (Wildman–Crippen LogP) is 0.250. The molecule has 2 heterocycles. The highest BCUT2D eigenvalue weighted by Crippen LogP contribution is 2.49. The Hall–Kier alpha value is -0.570. The van der Waals surface area contributed by atoms with Gasteiger partial charge in [0, 0.05) is 0 Å². The molecule has 0 amide bonds. The summed E-state index contributed by atoms with van der Waals surface area (Å²) in [5.74, 6) is -0.684. The lowest BCUT2D eigenvalue weighted by Gasteiger charge is -2.30. The molecule has 3 nitrogen and oxygen atoms in total. The van der Waals surface area contributed by atoms with Gasteiger partial charge in [-0.25, -0.2) is 0 Å². The van der Waals surface area contributed by atoms with Crippen molar-refractivity contribution < 1.29 is 14.6 Å². The first-order chi connectivity index (χ1) is 4.23.